The highest BCUT2D eigenvalue weighted by molar-refractivity contribution is 6.30. The van der Waals surface area contributed by atoms with Crippen molar-refractivity contribution in [3.8, 4) is 17.1 Å². The topological polar surface area (TPSA) is 47.8 Å². The van der Waals surface area contributed by atoms with E-state index < -0.39 is 0 Å². The van der Waals surface area contributed by atoms with Crippen molar-refractivity contribution in [2.45, 2.75) is 0 Å². The second kappa shape index (κ2) is 5.91. The van der Waals surface area contributed by atoms with Crippen molar-refractivity contribution in [1.29, 1.82) is 0 Å². The number of hydrogen-bond donors (Lipinski definition) is 0. The van der Waals surface area contributed by atoms with Crippen LogP contribution in [0, 0.1) is 0 Å². The first-order valence-electron chi connectivity index (χ1n) is 7.42. The summed E-state index contributed by atoms with van der Waals surface area (Å²) in [6.07, 6.45) is 3.36. The number of para-hydroxylation sites is 1. The van der Waals surface area contributed by atoms with E-state index in [1.165, 1.54) is 0 Å². The molecule has 0 saturated carbocycles. The fraction of sp³-hybridized carbons (Fsp3) is 0. The minimum absolute atomic E-state index is 0.130. The Morgan fingerprint density at radius 3 is 2.50 bits per heavy atom. The van der Waals surface area contributed by atoms with Gasteiger partial charge in [0.25, 0.3) is 5.56 Å². The Kier molecular flexibility index (Phi) is 3.59. The molecule has 2 aromatic heterocycles. The van der Waals surface area contributed by atoms with E-state index in [9.17, 15) is 4.79 Å². The number of fused-ring (bicyclic) bond motifs is 1. The van der Waals surface area contributed by atoms with E-state index in [0.717, 1.165) is 5.56 Å². The van der Waals surface area contributed by atoms with E-state index in [0.29, 0.717) is 27.4 Å². The molecule has 0 N–H and O–H groups in total. The molecular weight excluding hydrogens is 322 g/mol. The Bertz CT molecular complexity index is 1090. The third-order valence-corrected chi connectivity index (χ3v) is 4.02. The maximum Gasteiger partial charge on any atom is 0.266 e. The van der Waals surface area contributed by atoms with Crippen LogP contribution in [0.4, 0.5) is 0 Å². The zero-order chi connectivity index (χ0) is 16.5. The molecule has 0 radical (unpaired) electrons. The molecule has 116 valence electrons. The number of pyridine rings is 1. The van der Waals surface area contributed by atoms with Crippen LogP contribution < -0.4 is 5.56 Å². The number of nitrogens with zero attached hydrogens (tertiary/aromatic N) is 3. The van der Waals surface area contributed by atoms with Gasteiger partial charge in [0.05, 0.1) is 16.6 Å². The first-order chi connectivity index (χ1) is 11.7. The molecule has 0 aliphatic heterocycles. The van der Waals surface area contributed by atoms with Gasteiger partial charge >= 0.3 is 0 Å². The predicted octanol–water partition coefficient (Wildman–Crippen LogP) is 4.10. The number of rotatable bonds is 2. The lowest BCUT2D eigenvalue weighted by molar-refractivity contribution is 0.975. The minimum Gasteiger partial charge on any atom is -0.268 e. The average Bonchev–Trinajstić information content (AvgIpc) is 2.62. The summed E-state index contributed by atoms with van der Waals surface area (Å²) >= 11 is 6.12. The van der Waals surface area contributed by atoms with Gasteiger partial charge in [0.15, 0.2) is 0 Å². The summed E-state index contributed by atoms with van der Waals surface area (Å²) in [5, 5.41) is 1.13. The van der Waals surface area contributed by atoms with Gasteiger partial charge in [-0.1, -0.05) is 29.8 Å². The minimum atomic E-state index is -0.130. The summed E-state index contributed by atoms with van der Waals surface area (Å²) in [6, 6.07) is 18.2. The molecule has 0 bridgehead atoms. The maximum atomic E-state index is 13.1. The van der Waals surface area contributed by atoms with Crippen LogP contribution in [0.25, 0.3) is 28.0 Å². The maximum absolute atomic E-state index is 13.1. The van der Waals surface area contributed by atoms with Crippen molar-refractivity contribution in [3.63, 3.8) is 0 Å². The van der Waals surface area contributed by atoms with Crippen molar-refractivity contribution in [2.24, 2.45) is 0 Å². The van der Waals surface area contributed by atoms with E-state index in [-0.39, 0.29) is 5.56 Å². The molecule has 5 heteroatoms. The Balaban J connectivity index is 2.13. The lowest BCUT2D eigenvalue weighted by Crippen LogP contribution is -2.21. The normalized spacial score (nSPS) is 10.9. The van der Waals surface area contributed by atoms with Crippen molar-refractivity contribution < 1.29 is 0 Å². The van der Waals surface area contributed by atoms with Crippen molar-refractivity contribution in [3.05, 3.63) is 88.4 Å². The van der Waals surface area contributed by atoms with Gasteiger partial charge < -0.3 is 0 Å². The molecule has 0 aliphatic carbocycles. The van der Waals surface area contributed by atoms with Gasteiger partial charge in [0.2, 0.25) is 0 Å². The molecular formula is C19H12ClN3O. The molecule has 4 aromatic rings. The Labute approximate surface area is 143 Å². The smallest absolute Gasteiger partial charge is 0.266 e. The fourth-order valence-corrected chi connectivity index (χ4v) is 2.87. The molecule has 0 unspecified atom stereocenters. The zero-order valence-electron chi connectivity index (χ0n) is 12.6. The average molecular weight is 334 g/mol. The molecule has 0 saturated heterocycles. The Morgan fingerprint density at radius 2 is 1.71 bits per heavy atom. The van der Waals surface area contributed by atoms with E-state index >= 15 is 0 Å². The number of halogens is 1. The van der Waals surface area contributed by atoms with Gasteiger partial charge in [-0.15, -0.1) is 0 Å². The quantitative estimate of drug-likeness (QED) is 0.555. The Hall–Kier alpha value is -2.98. The molecule has 4 nitrogen and oxygen atoms in total. The summed E-state index contributed by atoms with van der Waals surface area (Å²) in [4.78, 5) is 21.8. The molecule has 0 spiro atoms. The van der Waals surface area contributed by atoms with Crippen molar-refractivity contribution in [1.82, 2.24) is 14.5 Å². The van der Waals surface area contributed by atoms with E-state index in [4.69, 9.17) is 16.6 Å². The summed E-state index contributed by atoms with van der Waals surface area (Å²) in [6.45, 7) is 0. The molecule has 0 fully saturated rings. The van der Waals surface area contributed by atoms with E-state index in [1.807, 2.05) is 42.5 Å². The first kappa shape index (κ1) is 14.6. The molecule has 0 amide bonds. The van der Waals surface area contributed by atoms with Gasteiger partial charge in [-0.25, -0.2) is 4.98 Å². The SMILES string of the molecule is O=c1c2ccccc2nc(-c2ccncc2)n1-c1cccc(Cl)c1. The summed E-state index contributed by atoms with van der Waals surface area (Å²) < 4.78 is 1.59. The predicted molar refractivity (Wildman–Crippen MR) is 95.6 cm³/mol. The summed E-state index contributed by atoms with van der Waals surface area (Å²) in [5.41, 5.74) is 2.02. The lowest BCUT2D eigenvalue weighted by atomic mass is 10.2. The van der Waals surface area contributed by atoms with Crippen LogP contribution in [0.2, 0.25) is 5.02 Å². The standard InChI is InChI=1S/C19H12ClN3O/c20-14-4-3-5-15(12-14)23-18(13-8-10-21-11-9-13)22-17-7-2-1-6-16(17)19(23)24/h1-12H. The number of aromatic nitrogens is 3. The monoisotopic (exact) mass is 333 g/mol. The highest BCUT2D eigenvalue weighted by Crippen LogP contribution is 2.23. The highest BCUT2D eigenvalue weighted by atomic mass is 35.5. The van der Waals surface area contributed by atoms with Crippen molar-refractivity contribution in [2.75, 3.05) is 0 Å². The largest absolute Gasteiger partial charge is 0.268 e. The number of hydrogen-bond acceptors (Lipinski definition) is 3. The van der Waals surface area contributed by atoms with Gasteiger partial charge in [-0.05, 0) is 42.5 Å². The fourth-order valence-electron chi connectivity index (χ4n) is 2.68. The second-order valence-corrected chi connectivity index (χ2v) is 5.75. The Morgan fingerprint density at radius 1 is 0.917 bits per heavy atom. The highest BCUT2D eigenvalue weighted by Gasteiger charge is 2.14. The molecule has 2 aromatic carbocycles. The van der Waals surface area contributed by atoms with Crippen molar-refractivity contribution >= 4 is 22.5 Å². The van der Waals surface area contributed by atoms with Crippen LogP contribution >= 0.6 is 11.6 Å². The van der Waals surface area contributed by atoms with E-state index in [2.05, 4.69) is 4.98 Å². The molecule has 0 aliphatic rings. The zero-order valence-corrected chi connectivity index (χ0v) is 13.3. The van der Waals surface area contributed by atoms with Gasteiger partial charge in [0.1, 0.15) is 5.82 Å². The molecule has 4 rings (SSSR count). The van der Waals surface area contributed by atoms with E-state index in [1.54, 1.807) is 35.2 Å². The van der Waals surface area contributed by atoms with Crippen LogP contribution in [0.5, 0.6) is 0 Å². The first-order valence-corrected chi connectivity index (χ1v) is 7.80. The third kappa shape index (κ3) is 2.47. The summed E-state index contributed by atoms with van der Waals surface area (Å²) in [5.74, 6) is 0.559. The lowest BCUT2D eigenvalue weighted by Gasteiger charge is -2.14. The third-order valence-electron chi connectivity index (χ3n) is 3.78. The van der Waals surface area contributed by atoms with Crippen LogP contribution in [-0.4, -0.2) is 14.5 Å². The van der Waals surface area contributed by atoms with Crippen LogP contribution in [0.15, 0.2) is 77.9 Å². The van der Waals surface area contributed by atoms with Crippen LogP contribution in [-0.2, 0) is 0 Å². The molecule has 2 heterocycles. The molecule has 0 atom stereocenters. The van der Waals surface area contributed by atoms with Crippen LogP contribution in [0.3, 0.4) is 0 Å². The van der Waals surface area contributed by atoms with Gasteiger partial charge in [0, 0.05) is 23.0 Å². The summed E-state index contributed by atoms with van der Waals surface area (Å²) in [7, 11) is 0. The number of benzene rings is 2. The second-order valence-electron chi connectivity index (χ2n) is 5.31. The van der Waals surface area contributed by atoms with Crippen LogP contribution in [0.1, 0.15) is 0 Å². The van der Waals surface area contributed by atoms with Gasteiger partial charge in [-0.3, -0.25) is 14.3 Å². The van der Waals surface area contributed by atoms with Gasteiger partial charge in [-0.2, -0.15) is 0 Å². The molecule has 24 heavy (non-hydrogen) atoms.